The second-order valence-corrected chi connectivity index (χ2v) is 4.89. The predicted molar refractivity (Wildman–Crippen MR) is 70.4 cm³/mol. The Balaban J connectivity index is 2.63. The molecule has 0 radical (unpaired) electrons. The van der Waals surface area contributed by atoms with Gasteiger partial charge in [-0.15, -0.1) is 0 Å². The zero-order chi connectivity index (χ0) is 15.7. The molecule has 0 aromatic heterocycles. The van der Waals surface area contributed by atoms with Gasteiger partial charge >= 0.3 is 0 Å². The normalized spacial score (nSPS) is 10.6. The van der Waals surface area contributed by atoms with Crippen LogP contribution in [0.1, 0.15) is 15.9 Å². The van der Waals surface area contributed by atoms with E-state index in [2.05, 4.69) is 15.9 Å². The molecule has 0 heterocycles. The quantitative estimate of drug-likeness (QED) is 0.602. The standard InChI is InChI=1S/C14H7BrF4O2/c1-21-12-5-9(17)8(15)4-7(12)14(20)13-10(18)2-6(16)3-11(13)19/h2-5H,1H3. The maximum Gasteiger partial charge on any atom is 0.202 e. The summed E-state index contributed by atoms with van der Waals surface area (Å²) in [7, 11) is 1.18. The maximum atomic E-state index is 13.6. The van der Waals surface area contributed by atoms with Gasteiger partial charge in [-0.25, -0.2) is 17.6 Å². The molecule has 110 valence electrons. The summed E-state index contributed by atoms with van der Waals surface area (Å²) < 4.78 is 58.3. The number of methoxy groups -OCH3 is 1. The summed E-state index contributed by atoms with van der Waals surface area (Å²) in [6.07, 6.45) is 0. The van der Waals surface area contributed by atoms with Gasteiger partial charge in [-0.2, -0.15) is 0 Å². The number of ether oxygens (including phenoxy) is 1. The van der Waals surface area contributed by atoms with Crippen molar-refractivity contribution in [3.05, 3.63) is 63.1 Å². The lowest BCUT2D eigenvalue weighted by Crippen LogP contribution is -2.10. The minimum atomic E-state index is -1.35. The summed E-state index contributed by atoms with van der Waals surface area (Å²) in [6, 6.07) is 2.72. The van der Waals surface area contributed by atoms with Crippen LogP contribution in [-0.4, -0.2) is 12.9 Å². The maximum absolute atomic E-state index is 13.6. The van der Waals surface area contributed by atoms with E-state index >= 15 is 0 Å². The van der Waals surface area contributed by atoms with Crippen LogP contribution in [0.2, 0.25) is 0 Å². The molecule has 0 spiro atoms. The number of rotatable bonds is 3. The zero-order valence-corrected chi connectivity index (χ0v) is 12.1. The van der Waals surface area contributed by atoms with Crippen molar-refractivity contribution in [3.8, 4) is 5.75 Å². The van der Waals surface area contributed by atoms with Gasteiger partial charge in [0.2, 0.25) is 5.78 Å². The fraction of sp³-hybridized carbons (Fsp3) is 0.0714. The van der Waals surface area contributed by atoms with Gasteiger partial charge in [0.15, 0.2) is 0 Å². The molecule has 0 fully saturated rings. The number of benzene rings is 2. The Hall–Kier alpha value is -1.89. The first kappa shape index (κ1) is 15.5. The summed E-state index contributed by atoms with van der Waals surface area (Å²) >= 11 is 2.87. The van der Waals surface area contributed by atoms with E-state index in [4.69, 9.17) is 4.74 Å². The number of halogens is 5. The van der Waals surface area contributed by atoms with E-state index in [1.807, 2.05) is 0 Å². The molecule has 0 aliphatic carbocycles. The second kappa shape index (κ2) is 5.85. The third-order valence-corrected chi connectivity index (χ3v) is 3.33. The summed E-state index contributed by atoms with van der Waals surface area (Å²) in [4.78, 5) is 12.2. The van der Waals surface area contributed by atoms with Crippen LogP contribution in [0.3, 0.4) is 0 Å². The summed E-state index contributed by atoms with van der Waals surface area (Å²) in [5.74, 6) is -5.82. The zero-order valence-electron chi connectivity index (χ0n) is 10.5. The van der Waals surface area contributed by atoms with Crippen LogP contribution >= 0.6 is 15.9 Å². The van der Waals surface area contributed by atoms with E-state index in [0.29, 0.717) is 12.1 Å². The Morgan fingerprint density at radius 2 is 1.57 bits per heavy atom. The van der Waals surface area contributed by atoms with Crippen molar-refractivity contribution in [1.82, 2.24) is 0 Å². The van der Waals surface area contributed by atoms with Gasteiger partial charge in [0.25, 0.3) is 0 Å². The fourth-order valence-corrected chi connectivity index (χ4v) is 2.11. The highest BCUT2D eigenvalue weighted by Crippen LogP contribution is 2.29. The Morgan fingerprint density at radius 3 is 2.10 bits per heavy atom. The second-order valence-electron chi connectivity index (χ2n) is 4.04. The van der Waals surface area contributed by atoms with Crippen molar-refractivity contribution in [2.24, 2.45) is 0 Å². The highest BCUT2D eigenvalue weighted by molar-refractivity contribution is 9.10. The molecule has 0 saturated carbocycles. The molecule has 21 heavy (non-hydrogen) atoms. The van der Waals surface area contributed by atoms with Crippen LogP contribution in [0.25, 0.3) is 0 Å². The molecule has 0 amide bonds. The SMILES string of the molecule is COc1cc(F)c(Br)cc1C(=O)c1c(F)cc(F)cc1F. The van der Waals surface area contributed by atoms with E-state index < -0.39 is 34.6 Å². The van der Waals surface area contributed by atoms with E-state index in [0.717, 1.165) is 12.1 Å². The highest BCUT2D eigenvalue weighted by Gasteiger charge is 2.24. The van der Waals surface area contributed by atoms with Crippen LogP contribution in [-0.2, 0) is 0 Å². The molecule has 0 atom stereocenters. The molecule has 0 aliphatic rings. The minimum absolute atomic E-state index is 0.0745. The topological polar surface area (TPSA) is 26.3 Å². The van der Waals surface area contributed by atoms with E-state index in [1.54, 1.807) is 0 Å². The average molecular weight is 363 g/mol. The Bertz CT molecular complexity index is 708. The first-order valence-electron chi connectivity index (χ1n) is 5.57. The molecule has 0 aliphatic heterocycles. The van der Waals surface area contributed by atoms with Crippen molar-refractivity contribution in [1.29, 1.82) is 0 Å². The number of ketones is 1. The Morgan fingerprint density at radius 1 is 1.00 bits per heavy atom. The van der Waals surface area contributed by atoms with Gasteiger partial charge < -0.3 is 4.74 Å². The van der Waals surface area contributed by atoms with Crippen LogP contribution in [0.5, 0.6) is 5.75 Å². The van der Waals surface area contributed by atoms with Gasteiger partial charge in [-0.05, 0) is 22.0 Å². The number of carbonyl (C=O) groups is 1. The molecule has 0 unspecified atom stereocenters. The molecule has 2 nitrogen and oxygen atoms in total. The Labute approximate surface area is 125 Å². The molecule has 7 heteroatoms. The minimum Gasteiger partial charge on any atom is -0.496 e. The van der Waals surface area contributed by atoms with Crippen LogP contribution < -0.4 is 4.74 Å². The molecule has 0 bridgehead atoms. The van der Waals surface area contributed by atoms with Gasteiger partial charge in [-0.1, -0.05) is 0 Å². The van der Waals surface area contributed by atoms with Crippen LogP contribution in [0.4, 0.5) is 17.6 Å². The number of hydrogen-bond donors (Lipinski definition) is 0. The molecule has 0 N–H and O–H groups in total. The third kappa shape index (κ3) is 2.92. The molecular weight excluding hydrogens is 356 g/mol. The lowest BCUT2D eigenvalue weighted by Gasteiger charge is -2.10. The van der Waals surface area contributed by atoms with Gasteiger partial charge in [0.1, 0.15) is 29.0 Å². The summed E-state index contributed by atoms with van der Waals surface area (Å²) in [5, 5.41) is 0. The first-order chi connectivity index (χ1) is 9.85. The number of hydrogen-bond acceptors (Lipinski definition) is 2. The number of carbonyl (C=O) groups excluding carboxylic acids is 1. The average Bonchev–Trinajstić information content (AvgIpc) is 2.39. The van der Waals surface area contributed by atoms with Crippen LogP contribution in [0.15, 0.2) is 28.7 Å². The van der Waals surface area contributed by atoms with Gasteiger partial charge in [0.05, 0.1) is 22.7 Å². The first-order valence-corrected chi connectivity index (χ1v) is 6.36. The predicted octanol–water partition coefficient (Wildman–Crippen LogP) is 4.25. The van der Waals surface area contributed by atoms with Crippen molar-refractivity contribution in [3.63, 3.8) is 0 Å². The van der Waals surface area contributed by atoms with Crippen molar-refractivity contribution < 1.29 is 27.1 Å². The monoisotopic (exact) mass is 362 g/mol. The molecular formula is C14H7BrF4O2. The third-order valence-electron chi connectivity index (χ3n) is 2.72. The highest BCUT2D eigenvalue weighted by atomic mass is 79.9. The smallest absolute Gasteiger partial charge is 0.202 e. The molecule has 2 aromatic rings. The summed E-state index contributed by atoms with van der Waals surface area (Å²) in [6.45, 7) is 0. The van der Waals surface area contributed by atoms with Gasteiger partial charge in [-0.3, -0.25) is 4.79 Å². The Kier molecular flexibility index (Phi) is 4.32. The fourth-order valence-electron chi connectivity index (χ4n) is 1.77. The van der Waals surface area contributed by atoms with Crippen LogP contribution in [0, 0.1) is 23.3 Å². The van der Waals surface area contributed by atoms with Crippen molar-refractivity contribution in [2.75, 3.05) is 7.11 Å². The summed E-state index contributed by atoms with van der Waals surface area (Å²) in [5.41, 5.74) is -1.19. The van der Waals surface area contributed by atoms with E-state index in [9.17, 15) is 22.4 Å². The largest absolute Gasteiger partial charge is 0.496 e. The lowest BCUT2D eigenvalue weighted by molar-refractivity contribution is 0.102. The van der Waals surface area contributed by atoms with E-state index in [-0.39, 0.29) is 15.8 Å². The lowest BCUT2D eigenvalue weighted by atomic mass is 10.0. The van der Waals surface area contributed by atoms with Crippen molar-refractivity contribution in [2.45, 2.75) is 0 Å². The van der Waals surface area contributed by atoms with E-state index in [1.165, 1.54) is 7.11 Å². The van der Waals surface area contributed by atoms with Crippen molar-refractivity contribution >= 4 is 21.7 Å². The van der Waals surface area contributed by atoms with Gasteiger partial charge in [0, 0.05) is 18.2 Å². The molecule has 0 saturated heterocycles. The molecule has 2 rings (SSSR count). The molecule has 2 aromatic carbocycles.